The molecule has 0 spiro atoms. The van der Waals surface area contributed by atoms with Crippen LogP contribution in [0.1, 0.15) is 0 Å². The van der Waals surface area contributed by atoms with Crippen molar-refractivity contribution < 1.29 is 4.74 Å². The number of aromatic nitrogens is 2. The van der Waals surface area contributed by atoms with Crippen molar-refractivity contribution in [3.05, 3.63) is 79.0 Å². The zero-order valence-corrected chi connectivity index (χ0v) is 16.3. The topological polar surface area (TPSA) is 27.1 Å². The van der Waals surface area contributed by atoms with Crippen molar-refractivity contribution in [2.45, 2.75) is 0 Å². The third kappa shape index (κ3) is 2.95. The van der Waals surface area contributed by atoms with Crippen LogP contribution in [0.3, 0.4) is 0 Å². The molecular formula is C22H16N2OS2. The van der Waals surface area contributed by atoms with Crippen LogP contribution in [0.5, 0.6) is 5.75 Å². The summed E-state index contributed by atoms with van der Waals surface area (Å²) in [5.41, 5.74) is 3.36. The van der Waals surface area contributed by atoms with E-state index in [0.29, 0.717) is 0 Å². The normalized spacial score (nSPS) is 11.1. The average Bonchev–Trinajstić information content (AvgIpc) is 3.45. The van der Waals surface area contributed by atoms with Gasteiger partial charge in [-0.05, 0) is 60.7 Å². The zero-order chi connectivity index (χ0) is 18.2. The lowest BCUT2D eigenvalue weighted by atomic mass is 10.2. The van der Waals surface area contributed by atoms with Crippen molar-refractivity contribution in [2.24, 2.45) is 0 Å². The predicted molar refractivity (Wildman–Crippen MR) is 114 cm³/mol. The zero-order valence-electron chi connectivity index (χ0n) is 14.6. The maximum absolute atomic E-state index is 5.27. The van der Waals surface area contributed by atoms with Crippen LogP contribution in [0.15, 0.2) is 79.0 Å². The van der Waals surface area contributed by atoms with Crippen molar-refractivity contribution in [1.29, 1.82) is 0 Å². The lowest BCUT2D eigenvalue weighted by molar-refractivity contribution is 0.415. The molecule has 0 saturated heterocycles. The Morgan fingerprint density at radius 1 is 0.815 bits per heavy atom. The van der Waals surface area contributed by atoms with Crippen LogP contribution in [0.2, 0.25) is 0 Å². The van der Waals surface area contributed by atoms with Gasteiger partial charge in [0.1, 0.15) is 10.8 Å². The second kappa shape index (κ2) is 6.68. The lowest BCUT2D eigenvalue weighted by Gasteiger charge is -2.09. The van der Waals surface area contributed by atoms with Crippen molar-refractivity contribution in [2.75, 3.05) is 7.11 Å². The van der Waals surface area contributed by atoms with Gasteiger partial charge in [-0.25, -0.2) is 4.98 Å². The number of thiazole rings is 1. The molecule has 0 amide bonds. The Balaban J connectivity index is 1.52. The van der Waals surface area contributed by atoms with Crippen LogP contribution < -0.4 is 4.74 Å². The van der Waals surface area contributed by atoms with Crippen LogP contribution in [0, 0.1) is 0 Å². The standard InChI is InChI=1S/C22H16N2OS2/c1-25-16-10-8-15(9-11-16)24-14-4-6-18(24)20-12-13-21(26-20)22-23-17-5-2-3-7-19(17)27-22/h2-14H,1H3. The SMILES string of the molecule is COc1ccc(-n2cccc2-c2ccc(-c3nc4ccccc4s3)s2)cc1. The summed E-state index contributed by atoms with van der Waals surface area (Å²) in [6, 6.07) is 25.0. The highest BCUT2D eigenvalue weighted by Gasteiger charge is 2.12. The number of fused-ring (bicyclic) bond motifs is 1. The fourth-order valence-electron chi connectivity index (χ4n) is 3.12. The summed E-state index contributed by atoms with van der Waals surface area (Å²) in [6.07, 6.45) is 2.09. The number of hydrogen-bond acceptors (Lipinski definition) is 4. The number of para-hydroxylation sites is 1. The molecule has 3 aromatic heterocycles. The first kappa shape index (κ1) is 16.3. The molecule has 5 aromatic rings. The van der Waals surface area contributed by atoms with Crippen LogP contribution in [0.4, 0.5) is 0 Å². The minimum Gasteiger partial charge on any atom is -0.497 e. The van der Waals surface area contributed by atoms with Gasteiger partial charge in [0.15, 0.2) is 0 Å². The predicted octanol–water partition coefficient (Wildman–Crippen LogP) is 6.49. The largest absolute Gasteiger partial charge is 0.497 e. The summed E-state index contributed by atoms with van der Waals surface area (Å²) >= 11 is 3.52. The van der Waals surface area contributed by atoms with Gasteiger partial charge in [-0.3, -0.25) is 0 Å². The Bertz CT molecular complexity index is 1180. The quantitative estimate of drug-likeness (QED) is 0.352. The van der Waals surface area contributed by atoms with E-state index in [1.54, 1.807) is 29.8 Å². The van der Waals surface area contributed by atoms with Crippen LogP contribution in [-0.2, 0) is 0 Å². The summed E-state index contributed by atoms with van der Waals surface area (Å²) in [4.78, 5) is 7.21. The molecule has 132 valence electrons. The molecule has 0 bridgehead atoms. The number of rotatable bonds is 4. The van der Waals surface area contributed by atoms with Gasteiger partial charge >= 0.3 is 0 Å². The minimum absolute atomic E-state index is 0.863. The number of hydrogen-bond donors (Lipinski definition) is 0. The van der Waals surface area contributed by atoms with E-state index in [2.05, 4.69) is 65.4 Å². The molecule has 5 rings (SSSR count). The number of benzene rings is 2. The Labute approximate surface area is 165 Å². The van der Waals surface area contributed by atoms with Gasteiger partial charge in [0.2, 0.25) is 0 Å². The van der Waals surface area contributed by atoms with Crippen molar-refractivity contribution in [1.82, 2.24) is 9.55 Å². The molecule has 0 aliphatic rings. The molecule has 3 nitrogen and oxygen atoms in total. The number of methoxy groups -OCH3 is 1. The molecule has 27 heavy (non-hydrogen) atoms. The number of ether oxygens (including phenoxy) is 1. The summed E-state index contributed by atoms with van der Waals surface area (Å²) in [6.45, 7) is 0. The lowest BCUT2D eigenvalue weighted by Crippen LogP contribution is -1.94. The van der Waals surface area contributed by atoms with Gasteiger partial charge in [0, 0.05) is 11.9 Å². The number of nitrogens with zero attached hydrogens (tertiary/aromatic N) is 2. The Kier molecular flexibility index (Phi) is 4.03. The van der Waals surface area contributed by atoms with E-state index in [-0.39, 0.29) is 0 Å². The van der Waals surface area contributed by atoms with Gasteiger partial charge in [0.05, 0.1) is 32.8 Å². The number of thiophene rings is 1. The molecule has 0 unspecified atom stereocenters. The van der Waals surface area contributed by atoms with Gasteiger partial charge in [-0.1, -0.05) is 12.1 Å². The molecule has 3 heterocycles. The highest BCUT2D eigenvalue weighted by atomic mass is 32.1. The molecule has 0 atom stereocenters. The van der Waals surface area contributed by atoms with Crippen molar-refractivity contribution >= 4 is 32.9 Å². The summed E-state index contributed by atoms with van der Waals surface area (Å²) in [5.74, 6) is 0.863. The Morgan fingerprint density at radius 3 is 2.44 bits per heavy atom. The van der Waals surface area contributed by atoms with Gasteiger partial charge in [-0.15, -0.1) is 22.7 Å². The average molecular weight is 389 g/mol. The highest BCUT2D eigenvalue weighted by molar-refractivity contribution is 7.26. The molecular weight excluding hydrogens is 372 g/mol. The molecule has 0 fully saturated rings. The van der Waals surface area contributed by atoms with E-state index < -0.39 is 0 Å². The molecule has 0 aliphatic carbocycles. The van der Waals surface area contributed by atoms with Gasteiger partial charge in [0.25, 0.3) is 0 Å². The van der Waals surface area contributed by atoms with E-state index in [0.717, 1.165) is 22.0 Å². The van der Waals surface area contributed by atoms with Crippen LogP contribution in [0.25, 0.3) is 36.4 Å². The molecule has 5 heteroatoms. The van der Waals surface area contributed by atoms with Gasteiger partial charge in [-0.2, -0.15) is 0 Å². The van der Waals surface area contributed by atoms with E-state index in [1.165, 1.54) is 20.1 Å². The minimum atomic E-state index is 0.863. The van der Waals surface area contributed by atoms with E-state index in [9.17, 15) is 0 Å². The third-order valence-electron chi connectivity index (χ3n) is 4.46. The first-order valence-corrected chi connectivity index (χ1v) is 10.2. The monoisotopic (exact) mass is 388 g/mol. The second-order valence-corrected chi connectivity index (χ2v) is 8.23. The third-order valence-corrected chi connectivity index (χ3v) is 6.78. The fourth-order valence-corrected chi connectivity index (χ4v) is 5.17. The molecule has 2 aromatic carbocycles. The molecule has 0 N–H and O–H groups in total. The Hall–Kier alpha value is -2.89. The first-order valence-electron chi connectivity index (χ1n) is 8.60. The van der Waals surface area contributed by atoms with Crippen molar-refractivity contribution in [3.8, 4) is 31.9 Å². The Morgan fingerprint density at radius 2 is 1.63 bits per heavy atom. The fraction of sp³-hybridized carbons (Fsp3) is 0.0455. The van der Waals surface area contributed by atoms with Crippen LogP contribution in [-0.4, -0.2) is 16.7 Å². The second-order valence-electron chi connectivity index (χ2n) is 6.11. The molecule has 0 aliphatic heterocycles. The maximum atomic E-state index is 5.27. The summed E-state index contributed by atoms with van der Waals surface area (Å²) in [5, 5.41) is 1.08. The summed E-state index contributed by atoms with van der Waals surface area (Å²) < 4.78 is 8.69. The summed E-state index contributed by atoms with van der Waals surface area (Å²) in [7, 11) is 1.69. The van der Waals surface area contributed by atoms with E-state index in [1.807, 2.05) is 18.2 Å². The van der Waals surface area contributed by atoms with Gasteiger partial charge < -0.3 is 9.30 Å². The van der Waals surface area contributed by atoms with Crippen molar-refractivity contribution in [3.63, 3.8) is 0 Å². The smallest absolute Gasteiger partial charge is 0.134 e. The molecule has 0 radical (unpaired) electrons. The maximum Gasteiger partial charge on any atom is 0.134 e. The molecule has 0 saturated carbocycles. The van der Waals surface area contributed by atoms with E-state index >= 15 is 0 Å². The first-order chi connectivity index (χ1) is 13.3. The van der Waals surface area contributed by atoms with E-state index in [4.69, 9.17) is 9.72 Å². The van der Waals surface area contributed by atoms with Crippen LogP contribution >= 0.6 is 22.7 Å². The highest BCUT2D eigenvalue weighted by Crippen LogP contribution is 2.38.